The number of benzene rings is 1. The van der Waals surface area contributed by atoms with E-state index in [0.717, 1.165) is 11.1 Å². The lowest BCUT2D eigenvalue weighted by molar-refractivity contribution is 0.0941. The summed E-state index contributed by atoms with van der Waals surface area (Å²) in [6.45, 7) is 0.460. The molecule has 0 unspecified atom stereocenters. The average Bonchev–Trinajstić information content (AvgIpc) is 2.68. The Bertz CT molecular complexity index is 986. The van der Waals surface area contributed by atoms with E-state index < -0.39 is 5.43 Å². The number of aromatic nitrogens is 2. The van der Waals surface area contributed by atoms with Crippen molar-refractivity contribution >= 4 is 5.91 Å². The van der Waals surface area contributed by atoms with Crippen molar-refractivity contribution in [2.45, 2.75) is 13.2 Å². The number of pyridine rings is 2. The third kappa shape index (κ3) is 4.78. The van der Waals surface area contributed by atoms with Crippen LogP contribution in [-0.2, 0) is 20.2 Å². The molecule has 0 bridgehead atoms. The Hall–Kier alpha value is -3.48. The van der Waals surface area contributed by atoms with Gasteiger partial charge in [0.15, 0.2) is 5.75 Å². The molecule has 0 aliphatic heterocycles. The fraction of sp³-hybridized carbons (Fsp3) is 0.150. The van der Waals surface area contributed by atoms with E-state index in [1.165, 1.54) is 29.0 Å². The van der Waals surface area contributed by atoms with Crippen molar-refractivity contribution in [3.63, 3.8) is 0 Å². The monoisotopic (exact) mass is 367 g/mol. The molecule has 6 nitrogen and oxygen atoms in total. The van der Waals surface area contributed by atoms with E-state index in [1.54, 1.807) is 43.7 Å². The quantitative estimate of drug-likeness (QED) is 0.726. The molecule has 27 heavy (non-hydrogen) atoms. The highest BCUT2D eigenvalue weighted by molar-refractivity contribution is 5.92. The first-order valence-electron chi connectivity index (χ1n) is 8.28. The van der Waals surface area contributed by atoms with Crippen molar-refractivity contribution < 1.29 is 13.9 Å². The molecule has 1 N–H and O–H groups in total. The summed E-state index contributed by atoms with van der Waals surface area (Å²) >= 11 is 0. The van der Waals surface area contributed by atoms with E-state index in [9.17, 15) is 14.0 Å². The van der Waals surface area contributed by atoms with Crippen LogP contribution in [-0.4, -0.2) is 15.5 Å². The maximum atomic E-state index is 12.9. The highest BCUT2D eigenvalue weighted by Gasteiger charge is 2.12. The van der Waals surface area contributed by atoms with Crippen LogP contribution in [0.4, 0.5) is 4.39 Å². The second-order valence-electron chi connectivity index (χ2n) is 5.95. The molecule has 0 fully saturated rings. The third-order valence-electron chi connectivity index (χ3n) is 3.94. The van der Waals surface area contributed by atoms with Crippen LogP contribution in [0.25, 0.3) is 0 Å². The summed E-state index contributed by atoms with van der Waals surface area (Å²) in [5.41, 5.74) is 1.47. The molecule has 0 atom stereocenters. The molecule has 0 aliphatic rings. The van der Waals surface area contributed by atoms with Crippen molar-refractivity contribution in [1.29, 1.82) is 0 Å². The number of rotatable bonds is 6. The minimum absolute atomic E-state index is 0.118. The van der Waals surface area contributed by atoms with E-state index >= 15 is 0 Å². The number of hydrogen-bond donors (Lipinski definition) is 1. The number of ether oxygens (including phenoxy) is 1. The molecule has 2 heterocycles. The van der Waals surface area contributed by atoms with Gasteiger partial charge in [-0.1, -0.05) is 12.1 Å². The molecule has 1 amide bonds. The van der Waals surface area contributed by atoms with Gasteiger partial charge in [-0.2, -0.15) is 0 Å². The summed E-state index contributed by atoms with van der Waals surface area (Å²) in [6, 6.07) is 10.7. The topological polar surface area (TPSA) is 73.2 Å². The first-order chi connectivity index (χ1) is 13.0. The minimum atomic E-state index is -0.399. The summed E-state index contributed by atoms with van der Waals surface area (Å²) < 4.78 is 20.0. The predicted octanol–water partition coefficient (Wildman–Crippen LogP) is 2.43. The zero-order valence-electron chi connectivity index (χ0n) is 14.7. The maximum absolute atomic E-state index is 12.9. The summed E-state index contributed by atoms with van der Waals surface area (Å²) in [6.07, 6.45) is 4.75. The first kappa shape index (κ1) is 18.3. The van der Waals surface area contributed by atoms with Crippen molar-refractivity contribution in [1.82, 2.24) is 14.9 Å². The number of carbonyl (C=O) groups excluding carboxylic acids is 1. The van der Waals surface area contributed by atoms with Gasteiger partial charge in [-0.3, -0.25) is 14.6 Å². The van der Waals surface area contributed by atoms with Gasteiger partial charge in [0.25, 0.3) is 5.91 Å². The number of aryl methyl sites for hydroxylation is 1. The second-order valence-corrected chi connectivity index (χ2v) is 5.95. The molecular formula is C20H18FN3O3. The Kier molecular flexibility index (Phi) is 5.61. The molecule has 0 saturated heterocycles. The summed E-state index contributed by atoms with van der Waals surface area (Å²) in [7, 11) is 1.66. The SMILES string of the molecule is Cn1cc(OCc2ccc(F)cc2)c(=O)cc1C(=O)NCc1ccncc1. The molecule has 3 aromatic rings. The van der Waals surface area contributed by atoms with Crippen LogP contribution in [0.2, 0.25) is 0 Å². The van der Waals surface area contributed by atoms with Gasteiger partial charge in [0.05, 0.1) is 6.20 Å². The van der Waals surface area contributed by atoms with Gasteiger partial charge in [0.2, 0.25) is 5.43 Å². The molecule has 1 aromatic carbocycles. The lowest BCUT2D eigenvalue weighted by atomic mass is 10.2. The molecule has 2 aromatic heterocycles. The van der Waals surface area contributed by atoms with Gasteiger partial charge < -0.3 is 14.6 Å². The Labute approximate surface area is 155 Å². The molecule has 0 saturated carbocycles. The largest absolute Gasteiger partial charge is 0.483 e. The van der Waals surface area contributed by atoms with Gasteiger partial charge >= 0.3 is 0 Å². The number of carbonyl (C=O) groups is 1. The third-order valence-corrected chi connectivity index (χ3v) is 3.94. The van der Waals surface area contributed by atoms with Gasteiger partial charge in [-0.25, -0.2) is 4.39 Å². The van der Waals surface area contributed by atoms with Gasteiger partial charge in [-0.05, 0) is 35.4 Å². The van der Waals surface area contributed by atoms with Crippen LogP contribution >= 0.6 is 0 Å². The Morgan fingerprint density at radius 1 is 1.15 bits per heavy atom. The fourth-order valence-electron chi connectivity index (χ4n) is 2.46. The van der Waals surface area contributed by atoms with Crippen molar-refractivity contribution in [2.75, 3.05) is 0 Å². The number of halogens is 1. The molecule has 0 spiro atoms. The van der Waals surface area contributed by atoms with Crippen molar-refractivity contribution in [3.8, 4) is 5.75 Å². The standard InChI is InChI=1S/C20H18FN3O3/c1-24-12-19(27-13-15-2-4-16(21)5-3-15)18(25)10-17(24)20(26)23-11-14-6-8-22-9-7-14/h2-10,12H,11,13H2,1H3,(H,23,26). The average molecular weight is 367 g/mol. The zero-order valence-corrected chi connectivity index (χ0v) is 14.7. The maximum Gasteiger partial charge on any atom is 0.268 e. The lowest BCUT2D eigenvalue weighted by Gasteiger charge is -2.12. The Balaban J connectivity index is 1.67. The Morgan fingerprint density at radius 2 is 1.85 bits per heavy atom. The van der Waals surface area contributed by atoms with E-state index in [1.807, 2.05) is 0 Å². The highest BCUT2D eigenvalue weighted by atomic mass is 19.1. The second kappa shape index (κ2) is 8.27. The minimum Gasteiger partial charge on any atom is -0.483 e. The summed E-state index contributed by atoms with van der Waals surface area (Å²) in [4.78, 5) is 28.5. The highest BCUT2D eigenvalue weighted by Crippen LogP contribution is 2.10. The van der Waals surface area contributed by atoms with Crippen LogP contribution in [0.15, 0.2) is 65.8 Å². The van der Waals surface area contributed by atoms with E-state index in [-0.39, 0.29) is 29.8 Å². The fourth-order valence-corrected chi connectivity index (χ4v) is 2.46. The van der Waals surface area contributed by atoms with E-state index in [2.05, 4.69) is 10.3 Å². The smallest absolute Gasteiger partial charge is 0.268 e. The molecule has 3 rings (SSSR count). The van der Waals surface area contributed by atoms with Gasteiger partial charge in [0.1, 0.15) is 18.1 Å². The van der Waals surface area contributed by atoms with Gasteiger partial charge in [0, 0.05) is 32.1 Å². The number of hydrogen-bond acceptors (Lipinski definition) is 4. The molecule has 0 aliphatic carbocycles. The molecule has 7 heteroatoms. The van der Waals surface area contributed by atoms with Gasteiger partial charge in [-0.15, -0.1) is 0 Å². The van der Waals surface area contributed by atoms with E-state index in [4.69, 9.17) is 4.74 Å². The molecule has 0 radical (unpaired) electrons. The molecular weight excluding hydrogens is 349 g/mol. The Morgan fingerprint density at radius 3 is 2.56 bits per heavy atom. The summed E-state index contributed by atoms with van der Waals surface area (Å²) in [5, 5.41) is 2.76. The number of amides is 1. The molecule has 138 valence electrons. The van der Waals surface area contributed by atoms with Crippen LogP contribution in [0.5, 0.6) is 5.75 Å². The van der Waals surface area contributed by atoms with Crippen LogP contribution in [0, 0.1) is 5.82 Å². The van der Waals surface area contributed by atoms with Crippen LogP contribution < -0.4 is 15.5 Å². The zero-order chi connectivity index (χ0) is 19.2. The van der Waals surface area contributed by atoms with Crippen molar-refractivity contribution in [2.24, 2.45) is 7.05 Å². The number of nitrogens with one attached hydrogen (secondary N) is 1. The lowest BCUT2D eigenvalue weighted by Crippen LogP contribution is -2.27. The predicted molar refractivity (Wildman–Crippen MR) is 97.8 cm³/mol. The first-order valence-corrected chi connectivity index (χ1v) is 8.28. The van der Waals surface area contributed by atoms with Crippen LogP contribution in [0.1, 0.15) is 21.6 Å². The van der Waals surface area contributed by atoms with E-state index in [0.29, 0.717) is 6.54 Å². The normalized spacial score (nSPS) is 10.4. The summed E-state index contributed by atoms with van der Waals surface area (Å²) in [5.74, 6) is -0.583. The van der Waals surface area contributed by atoms with Crippen molar-refractivity contribution in [3.05, 3.63) is 93.9 Å². The van der Waals surface area contributed by atoms with Crippen LogP contribution in [0.3, 0.4) is 0 Å². The number of nitrogens with zero attached hydrogens (tertiary/aromatic N) is 2.